The van der Waals surface area contributed by atoms with E-state index in [-0.39, 0.29) is 5.91 Å². The zero-order valence-corrected chi connectivity index (χ0v) is 19.4. The molecule has 0 aliphatic heterocycles. The van der Waals surface area contributed by atoms with Crippen molar-refractivity contribution in [2.75, 3.05) is 19.5 Å². The fourth-order valence-corrected chi connectivity index (χ4v) is 4.01. The second-order valence-electron chi connectivity index (χ2n) is 8.07. The summed E-state index contributed by atoms with van der Waals surface area (Å²) in [4.78, 5) is 17.0. The van der Waals surface area contributed by atoms with Gasteiger partial charge in [0.15, 0.2) is 11.5 Å². The fraction of sp³-hybridized carbons (Fsp3) is 0.103. The highest BCUT2D eigenvalue weighted by molar-refractivity contribution is 5.93. The third kappa shape index (κ3) is 4.87. The van der Waals surface area contributed by atoms with Crippen LogP contribution < -0.4 is 19.5 Å². The Morgan fingerprint density at radius 1 is 0.800 bits per heavy atom. The molecular weight excluding hydrogens is 440 g/mol. The van der Waals surface area contributed by atoms with Crippen LogP contribution in [-0.2, 0) is 11.2 Å². The number of hydrogen-bond donors (Lipinski definition) is 1. The highest BCUT2D eigenvalue weighted by atomic mass is 16.5. The summed E-state index contributed by atoms with van der Waals surface area (Å²) in [7, 11) is 3.18. The molecule has 0 radical (unpaired) electrons. The largest absolute Gasteiger partial charge is 0.493 e. The molecule has 1 N–H and O–H groups in total. The number of carbonyl (C=O) groups is 1. The van der Waals surface area contributed by atoms with Gasteiger partial charge in [0.05, 0.1) is 26.2 Å². The number of benzene rings is 4. The van der Waals surface area contributed by atoms with Gasteiger partial charge < -0.3 is 19.5 Å². The minimum absolute atomic E-state index is 0.0740. The summed E-state index contributed by atoms with van der Waals surface area (Å²) in [5, 5.41) is 6.04. The smallest absolute Gasteiger partial charge is 0.228 e. The van der Waals surface area contributed by atoms with Crippen LogP contribution in [0.15, 0.2) is 91.1 Å². The normalized spacial score (nSPS) is 10.8. The number of carbonyl (C=O) groups excluding carboxylic acids is 1. The lowest BCUT2D eigenvalue weighted by Gasteiger charge is -2.13. The van der Waals surface area contributed by atoms with Crippen molar-refractivity contribution in [3.8, 4) is 23.0 Å². The van der Waals surface area contributed by atoms with Crippen molar-refractivity contribution in [1.29, 1.82) is 0 Å². The molecule has 0 saturated carbocycles. The summed E-state index contributed by atoms with van der Waals surface area (Å²) in [5.41, 5.74) is 2.41. The molecule has 35 heavy (non-hydrogen) atoms. The number of fused-ring (bicyclic) bond motifs is 2. The predicted octanol–water partition coefficient (Wildman–Crippen LogP) is 6.38. The maximum atomic E-state index is 12.6. The average molecular weight is 465 g/mol. The van der Waals surface area contributed by atoms with E-state index in [4.69, 9.17) is 14.2 Å². The van der Waals surface area contributed by atoms with Gasteiger partial charge in [-0.2, -0.15) is 0 Å². The number of rotatable bonds is 7. The third-order valence-electron chi connectivity index (χ3n) is 5.75. The molecule has 0 unspecified atom stereocenters. The van der Waals surface area contributed by atoms with Gasteiger partial charge in [-0.15, -0.1) is 0 Å². The Hall–Kier alpha value is -4.58. The minimum Gasteiger partial charge on any atom is -0.493 e. The van der Waals surface area contributed by atoms with E-state index < -0.39 is 0 Å². The number of aromatic nitrogens is 1. The van der Waals surface area contributed by atoms with E-state index in [1.54, 1.807) is 26.5 Å². The SMILES string of the molecule is COc1cc2nccc(Oc3ccc(NC(=O)Cc4ccc5ccccc5c4)cc3)c2cc1OC. The molecule has 0 fully saturated rings. The van der Waals surface area contributed by atoms with E-state index in [1.807, 2.05) is 66.7 Å². The zero-order valence-electron chi connectivity index (χ0n) is 19.4. The number of nitrogens with one attached hydrogen (secondary N) is 1. The van der Waals surface area contributed by atoms with Gasteiger partial charge in [-0.25, -0.2) is 0 Å². The number of anilines is 1. The predicted molar refractivity (Wildman–Crippen MR) is 138 cm³/mol. The summed E-state index contributed by atoms with van der Waals surface area (Å²) in [5.74, 6) is 2.41. The summed E-state index contributed by atoms with van der Waals surface area (Å²) in [6, 6.07) is 26.9. The van der Waals surface area contributed by atoms with Crippen molar-refractivity contribution in [2.24, 2.45) is 0 Å². The number of ether oxygens (including phenoxy) is 3. The molecule has 1 aromatic heterocycles. The van der Waals surface area contributed by atoms with Gasteiger partial charge in [-0.05, 0) is 52.7 Å². The van der Waals surface area contributed by atoms with Gasteiger partial charge in [0, 0.05) is 23.3 Å². The van der Waals surface area contributed by atoms with Gasteiger partial charge >= 0.3 is 0 Å². The Morgan fingerprint density at radius 3 is 2.31 bits per heavy atom. The first-order valence-corrected chi connectivity index (χ1v) is 11.2. The molecule has 0 atom stereocenters. The number of methoxy groups -OCH3 is 2. The highest BCUT2D eigenvalue weighted by Crippen LogP contribution is 2.37. The molecule has 0 spiro atoms. The van der Waals surface area contributed by atoms with Crippen LogP contribution >= 0.6 is 0 Å². The summed E-state index contributed by atoms with van der Waals surface area (Å²) in [6.07, 6.45) is 1.99. The maximum Gasteiger partial charge on any atom is 0.228 e. The topological polar surface area (TPSA) is 69.7 Å². The van der Waals surface area contributed by atoms with Gasteiger partial charge in [-0.1, -0.05) is 42.5 Å². The van der Waals surface area contributed by atoms with Gasteiger partial charge in [0.2, 0.25) is 5.91 Å². The molecule has 0 aliphatic rings. The van der Waals surface area contributed by atoms with E-state index in [2.05, 4.69) is 22.4 Å². The van der Waals surface area contributed by atoms with Crippen LogP contribution in [0.25, 0.3) is 21.7 Å². The lowest BCUT2D eigenvalue weighted by molar-refractivity contribution is -0.115. The second kappa shape index (κ2) is 9.73. The molecule has 174 valence electrons. The van der Waals surface area contributed by atoms with Crippen molar-refractivity contribution in [1.82, 2.24) is 4.98 Å². The van der Waals surface area contributed by atoms with Crippen molar-refractivity contribution in [3.05, 3.63) is 96.7 Å². The van der Waals surface area contributed by atoms with Gasteiger partial charge in [0.1, 0.15) is 11.5 Å². The Bertz CT molecular complexity index is 1510. The van der Waals surface area contributed by atoms with E-state index >= 15 is 0 Å². The van der Waals surface area contributed by atoms with Crippen LogP contribution in [0.5, 0.6) is 23.0 Å². The molecule has 0 bridgehead atoms. The number of hydrogen-bond acceptors (Lipinski definition) is 5. The van der Waals surface area contributed by atoms with Crippen LogP contribution in [0.4, 0.5) is 5.69 Å². The lowest BCUT2D eigenvalue weighted by Crippen LogP contribution is -2.14. The number of nitrogens with zero attached hydrogens (tertiary/aromatic N) is 1. The molecule has 1 amide bonds. The van der Waals surface area contributed by atoms with Gasteiger partial charge in [-0.3, -0.25) is 9.78 Å². The molecule has 0 saturated heterocycles. The van der Waals surface area contributed by atoms with Crippen molar-refractivity contribution < 1.29 is 19.0 Å². The molecule has 1 heterocycles. The quantitative estimate of drug-likeness (QED) is 0.303. The van der Waals surface area contributed by atoms with Crippen LogP contribution in [0.2, 0.25) is 0 Å². The summed E-state index contributed by atoms with van der Waals surface area (Å²) >= 11 is 0. The molecular formula is C29H24N2O4. The van der Waals surface area contributed by atoms with Crippen LogP contribution in [0.1, 0.15) is 5.56 Å². The Morgan fingerprint density at radius 2 is 1.54 bits per heavy atom. The lowest BCUT2D eigenvalue weighted by atomic mass is 10.0. The monoisotopic (exact) mass is 464 g/mol. The van der Waals surface area contributed by atoms with Crippen molar-refractivity contribution >= 4 is 33.3 Å². The number of pyridine rings is 1. The average Bonchev–Trinajstić information content (AvgIpc) is 2.89. The zero-order chi connectivity index (χ0) is 24.2. The molecule has 5 aromatic rings. The summed E-state index contributed by atoms with van der Waals surface area (Å²) < 4.78 is 16.9. The molecule has 6 nitrogen and oxygen atoms in total. The van der Waals surface area contributed by atoms with Crippen molar-refractivity contribution in [3.63, 3.8) is 0 Å². The highest BCUT2D eigenvalue weighted by Gasteiger charge is 2.12. The first kappa shape index (κ1) is 22.2. The van der Waals surface area contributed by atoms with Gasteiger partial charge in [0.25, 0.3) is 0 Å². The molecule has 4 aromatic carbocycles. The molecule has 5 rings (SSSR count). The maximum absolute atomic E-state index is 12.6. The van der Waals surface area contributed by atoms with E-state index in [0.717, 1.165) is 27.2 Å². The second-order valence-corrected chi connectivity index (χ2v) is 8.07. The van der Waals surface area contributed by atoms with E-state index in [9.17, 15) is 4.79 Å². The van der Waals surface area contributed by atoms with Crippen LogP contribution in [0.3, 0.4) is 0 Å². The minimum atomic E-state index is -0.0740. The number of amides is 1. The first-order chi connectivity index (χ1) is 17.1. The summed E-state index contributed by atoms with van der Waals surface area (Å²) in [6.45, 7) is 0. The third-order valence-corrected chi connectivity index (χ3v) is 5.75. The Kier molecular flexibility index (Phi) is 6.18. The Labute approximate surface area is 203 Å². The standard InChI is InChI=1S/C29H24N2O4/c1-33-27-17-24-25(18-28(27)34-2)30-14-13-26(24)35-23-11-9-22(10-12-23)31-29(32)16-19-7-8-20-5-3-4-6-21(20)15-19/h3-15,17-18H,16H2,1-2H3,(H,31,32). The van der Waals surface area contributed by atoms with Crippen LogP contribution in [0, 0.1) is 0 Å². The van der Waals surface area contributed by atoms with E-state index in [1.165, 1.54) is 0 Å². The van der Waals surface area contributed by atoms with E-state index in [0.29, 0.717) is 35.1 Å². The molecule has 6 heteroatoms. The van der Waals surface area contributed by atoms with Crippen molar-refractivity contribution in [2.45, 2.75) is 6.42 Å². The fourth-order valence-electron chi connectivity index (χ4n) is 4.01. The Balaban J connectivity index is 1.28. The molecule has 0 aliphatic carbocycles. The van der Waals surface area contributed by atoms with Crippen LogP contribution in [-0.4, -0.2) is 25.1 Å². The first-order valence-electron chi connectivity index (χ1n) is 11.2.